The van der Waals surface area contributed by atoms with Crippen LogP contribution in [0.1, 0.15) is 19.3 Å². The quantitative estimate of drug-likeness (QED) is 0.822. The van der Waals surface area contributed by atoms with Crippen LogP contribution in [0.15, 0.2) is 29.3 Å². The molecule has 2 N–H and O–H groups in total. The van der Waals surface area contributed by atoms with Crippen molar-refractivity contribution in [3.63, 3.8) is 0 Å². The first-order valence-corrected chi connectivity index (χ1v) is 6.24. The normalized spacial score (nSPS) is 20.8. The van der Waals surface area contributed by atoms with E-state index in [1.165, 1.54) is 19.3 Å². The first-order valence-electron chi connectivity index (χ1n) is 6.24. The predicted molar refractivity (Wildman–Crippen MR) is 68.2 cm³/mol. The van der Waals surface area contributed by atoms with Crippen LogP contribution < -0.4 is 10.9 Å². The lowest BCUT2D eigenvalue weighted by atomic mass is 10.1. The van der Waals surface area contributed by atoms with Gasteiger partial charge in [0.05, 0.1) is 0 Å². The summed E-state index contributed by atoms with van der Waals surface area (Å²) in [5.41, 5.74) is 0.795. The highest BCUT2D eigenvalue weighted by molar-refractivity contribution is 5.78. The Morgan fingerprint density at radius 3 is 3.12 bits per heavy atom. The number of fused-ring (bicyclic) bond motifs is 1. The Bertz CT molecular complexity index is 563. The third-order valence-electron chi connectivity index (χ3n) is 3.52. The van der Waals surface area contributed by atoms with Gasteiger partial charge in [-0.1, -0.05) is 6.42 Å². The minimum atomic E-state index is 0.00306. The molecule has 90 valence electrons. The summed E-state index contributed by atoms with van der Waals surface area (Å²) in [6.07, 6.45) is 7.46. The molecule has 1 unspecified atom stereocenters. The van der Waals surface area contributed by atoms with E-state index in [4.69, 9.17) is 0 Å². The van der Waals surface area contributed by atoms with Crippen molar-refractivity contribution < 1.29 is 0 Å². The summed E-state index contributed by atoms with van der Waals surface area (Å²) < 4.78 is 2.07. The minimum Gasteiger partial charge on any atom is -0.341 e. The molecule has 17 heavy (non-hydrogen) atoms. The van der Waals surface area contributed by atoms with E-state index in [1.807, 2.05) is 18.3 Å². The smallest absolute Gasteiger partial charge is 0.272 e. The summed E-state index contributed by atoms with van der Waals surface area (Å²) in [6.45, 7) is 1.98. The molecular weight excluding hydrogens is 214 g/mol. The standard InChI is InChI=1S/C13H17N3O/c17-13-12-10(4-7-15-13)5-8-16(12)9-11-3-1-2-6-14-11/h4-5,7-8,11,14H,1-3,6,9H2,(H,15,17). The summed E-state index contributed by atoms with van der Waals surface area (Å²) in [7, 11) is 0. The van der Waals surface area contributed by atoms with E-state index in [0.29, 0.717) is 6.04 Å². The zero-order valence-corrected chi connectivity index (χ0v) is 9.78. The lowest BCUT2D eigenvalue weighted by molar-refractivity contribution is 0.366. The van der Waals surface area contributed by atoms with E-state index in [-0.39, 0.29) is 5.56 Å². The van der Waals surface area contributed by atoms with Crippen LogP contribution in [-0.2, 0) is 6.54 Å². The molecule has 0 aliphatic carbocycles. The number of piperidine rings is 1. The summed E-state index contributed by atoms with van der Waals surface area (Å²) in [5, 5.41) is 4.53. The monoisotopic (exact) mass is 231 g/mol. The number of nitrogens with zero attached hydrogens (tertiary/aromatic N) is 1. The van der Waals surface area contributed by atoms with E-state index in [9.17, 15) is 4.79 Å². The fourth-order valence-corrected chi connectivity index (χ4v) is 2.63. The number of pyridine rings is 1. The lowest BCUT2D eigenvalue weighted by Gasteiger charge is -2.24. The third-order valence-corrected chi connectivity index (χ3v) is 3.52. The second kappa shape index (κ2) is 4.37. The first kappa shape index (κ1) is 10.6. The molecule has 0 spiro atoms. The van der Waals surface area contributed by atoms with Crippen molar-refractivity contribution in [2.75, 3.05) is 6.54 Å². The van der Waals surface area contributed by atoms with Crippen LogP contribution in [0.4, 0.5) is 0 Å². The van der Waals surface area contributed by atoms with Gasteiger partial charge in [0.2, 0.25) is 0 Å². The van der Waals surface area contributed by atoms with Gasteiger partial charge in [0.25, 0.3) is 5.56 Å². The van der Waals surface area contributed by atoms with Crippen molar-refractivity contribution in [1.82, 2.24) is 14.9 Å². The molecule has 1 atom stereocenters. The summed E-state index contributed by atoms with van der Waals surface area (Å²) in [4.78, 5) is 14.5. The Labute approximate surface area is 99.6 Å². The van der Waals surface area contributed by atoms with Gasteiger partial charge in [-0.05, 0) is 31.5 Å². The van der Waals surface area contributed by atoms with Crippen LogP contribution in [-0.4, -0.2) is 22.1 Å². The van der Waals surface area contributed by atoms with Crippen LogP contribution in [0.25, 0.3) is 10.9 Å². The fourth-order valence-electron chi connectivity index (χ4n) is 2.63. The molecule has 1 saturated heterocycles. The highest BCUT2D eigenvalue weighted by Crippen LogP contribution is 2.14. The molecule has 1 aliphatic rings. The number of H-pyrrole nitrogens is 1. The van der Waals surface area contributed by atoms with E-state index in [0.717, 1.165) is 24.0 Å². The highest BCUT2D eigenvalue weighted by atomic mass is 16.1. The van der Waals surface area contributed by atoms with Crippen molar-refractivity contribution >= 4 is 10.9 Å². The van der Waals surface area contributed by atoms with E-state index < -0.39 is 0 Å². The number of aromatic amines is 1. The molecule has 0 bridgehead atoms. The Kier molecular flexibility index (Phi) is 2.73. The summed E-state index contributed by atoms with van der Waals surface area (Å²) in [6, 6.07) is 4.45. The molecule has 3 heterocycles. The second-order valence-electron chi connectivity index (χ2n) is 4.73. The SMILES string of the molecule is O=c1[nH]ccc2ccn(CC3CCCCN3)c12. The van der Waals surface area contributed by atoms with Crippen molar-refractivity contribution in [2.45, 2.75) is 31.8 Å². The molecule has 2 aromatic heterocycles. The predicted octanol–water partition coefficient (Wildman–Crippen LogP) is 1.47. The van der Waals surface area contributed by atoms with E-state index >= 15 is 0 Å². The molecule has 0 amide bonds. The van der Waals surface area contributed by atoms with Gasteiger partial charge in [0, 0.05) is 30.4 Å². The van der Waals surface area contributed by atoms with Crippen molar-refractivity contribution in [1.29, 1.82) is 0 Å². The lowest BCUT2D eigenvalue weighted by Crippen LogP contribution is -2.37. The number of nitrogens with one attached hydrogen (secondary N) is 2. The van der Waals surface area contributed by atoms with E-state index in [1.54, 1.807) is 6.20 Å². The summed E-state index contributed by atoms with van der Waals surface area (Å²) >= 11 is 0. The first-order chi connectivity index (χ1) is 8.34. The molecular formula is C13H17N3O. The highest BCUT2D eigenvalue weighted by Gasteiger charge is 2.14. The zero-order chi connectivity index (χ0) is 11.7. The fraction of sp³-hybridized carbons (Fsp3) is 0.462. The van der Waals surface area contributed by atoms with Gasteiger partial charge in [0.1, 0.15) is 5.52 Å². The van der Waals surface area contributed by atoms with Gasteiger partial charge in [-0.2, -0.15) is 0 Å². The van der Waals surface area contributed by atoms with Gasteiger partial charge in [0.15, 0.2) is 0 Å². The van der Waals surface area contributed by atoms with Crippen molar-refractivity contribution in [3.8, 4) is 0 Å². The number of hydrogen-bond donors (Lipinski definition) is 2. The second-order valence-corrected chi connectivity index (χ2v) is 4.73. The van der Waals surface area contributed by atoms with Gasteiger partial charge in [-0.25, -0.2) is 0 Å². The molecule has 1 aliphatic heterocycles. The molecule has 2 aromatic rings. The maximum Gasteiger partial charge on any atom is 0.272 e. The van der Waals surface area contributed by atoms with Crippen LogP contribution in [0.3, 0.4) is 0 Å². The zero-order valence-electron chi connectivity index (χ0n) is 9.78. The molecule has 3 rings (SSSR count). The molecule has 0 aromatic carbocycles. The number of hydrogen-bond acceptors (Lipinski definition) is 2. The van der Waals surface area contributed by atoms with Crippen LogP contribution >= 0.6 is 0 Å². The largest absolute Gasteiger partial charge is 0.341 e. The van der Waals surface area contributed by atoms with Gasteiger partial charge < -0.3 is 14.9 Å². The third kappa shape index (κ3) is 2.00. The van der Waals surface area contributed by atoms with Crippen molar-refractivity contribution in [2.24, 2.45) is 0 Å². The van der Waals surface area contributed by atoms with Crippen LogP contribution in [0, 0.1) is 0 Å². The molecule has 1 fully saturated rings. The molecule has 0 radical (unpaired) electrons. The van der Waals surface area contributed by atoms with Crippen molar-refractivity contribution in [3.05, 3.63) is 34.9 Å². The van der Waals surface area contributed by atoms with Crippen LogP contribution in [0.2, 0.25) is 0 Å². The molecule has 4 heteroatoms. The van der Waals surface area contributed by atoms with Gasteiger partial charge in [-0.15, -0.1) is 0 Å². The van der Waals surface area contributed by atoms with Gasteiger partial charge in [-0.3, -0.25) is 4.79 Å². The number of aromatic nitrogens is 2. The average molecular weight is 231 g/mol. The Morgan fingerprint density at radius 2 is 2.29 bits per heavy atom. The Balaban J connectivity index is 1.92. The number of rotatable bonds is 2. The van der Waals surface area contributed by atoms with E-state index in [2.05, 4.69) is 14.9 Å². The molecule has 0 saturated carbocycles. The summed E-state index contributed by atoms with van der Waals surface area (Å²) in [5.74, 6) is 0. The molecule has 4 nitrogen and oxygen atoms in total. The van der Waals surface area contributed by atoms with Gasteiger partial charge >= 0.3 is 0 Å². The average Bonchev–Trinajstić information content (AvgIpc) is 2.75. The van der Waals surface area contributed by atoms with Crippen LogP contribution in [0.5, 0.6) is 0 Å². The maximum absolute atomic E-state index is 11.8. The Hall–Kier alpha value is -1.55. The maximum atomic E-state index is 11.8. The minimum absolute atomic E-state index is 0.00306. The Morgan fingerprint density at radius 1 is 1.35 bits per heavy atom. The topological polar surface area (TPSA) is 49.8 Å².